The number of benzene rings is 2. The molecular weight excluding hydrogens is 314 g/mol. The van der Waals surface area contributed by atoms with Crippen molar-refractivity contribution in [3.63, 3.8) is 0 Å². The Labute approximate surface area is 138 Å². The van der Waals surface area contributed by atoms with E-state index in [1.165, 1.54) is 6.07 Å². The molecule has 0 spiro atoms. The molecule has 2 aromatic rings. The minimum atomic E-state index is -0.899. The predicted octanol–water partition coefficient (Wildman–Crippen LogP) is 2.03. The highest BCUT2D eigenvalue weighted by Crippen LogP contribution is 2.11. The van der Waals surface area contributed by atoms with E-state index >= 15 is 0 Å². The topological polar surface area (TPSA) is 72.2 Å². The van der Waals surface area contributed by atoms with Crippen LogP contribution in [0.2, 0.25) is 0 Å². The van der Waals surface area contributed by atoms with Crippen molar-refractivity contribution < 1.29 is 18.4 Å². The Morgan fingerprint density at radius 3 is 2.38 bits per heavy atom. The molecule has 0 bridgehead atoms. The zero-order chi connectivity index (χ0) is 17.7. The maximum Gasteiger partial charge on any atom is 0.240 e. The van der Waals surface area contributed by atoms with Crippen LogP contribution in [0, 0.1) is 18.6 Å². The molecule has 0 aliphatic heterocycles. The Hall–Kier alpha value is -2.76. The molecule has 2 amide bonds. The van der Waals surface area contributed by atoms with E-state index in [0.717, 1.165) is 17.2 Å². The van der Waals surface area contributed by atoms with Gasteiger partial charge in [-0.2, -0.15) is 0 Å². The molecule has 0 unspecified atom stereocenters. The molecule has 4 nitrogen and oxygen atoms in total. The van der Waals surface area contributed by atoms with Crippen LogP contribution in [0.25, 0.3) is 0 Å². The van der Waals surface area contributed by atoms with Gasteiger partial charge in [-0.05, 0) is 24.1 Å². The van der Waals surface area contributed by atoms with Crippen molar-refractivity contribution in [2.24, 2.45) is 5.73 Å². The number of hydrogen-bond acceptors (Lipinski definition) is 2. The molecule has 1 atom stereocenters. The normalized spacial score (nSPS) is 11.8. The lowest BCUT2D eigenvalue weighted by Crippen LogP contribution is -2.46. The monoisotopic (exact) mass is 332 g/mol. The van der Waals surface area contributed by atoms with Crippen LogP contribution in [0.1, 0.15) is 16.7 Å². The van der Waals surface area contributed by atoms with Crippen molar-refractivity contribution in [1.82, 2.24) is 5.32 Å². The van der Waals surface area contributed by atoms with Crippen LogP contribution in [0.4, 0.5) is 8.78 Å². The van der Waals surface area contributed by atoms with Crippen LogP contribution in [-0.2, 0) is 22.4 Å². The summed E-state index contributed by atoms with van der Waals surface area (Å²) in [6, 6.07) is 9.55. The smallest absolute Gasteiger partial charge is 0.240 e. The zero-order valence-corrected chi connectivity index (χ0v) is 13.2. The molecule has 0 aliphatic rings. The molecule has 2 rings (SSSR count). The Morgan fingerprint density at radius 1 is 1.12 bits per heavy atom. The average molecular weight is 332 g/mol. The lowest BCUT2D eigenvalue weighted by molar-refractivity contribution is -0.127. The number of halogens is 2. The Bertz CT molecular complexity index is 745. The third-order valence-electron chi connectivity index (χ3n) is 3.61. The van der Waals surface area contributed by atoms with Crippen LogP contribution in [-0.4, -0.2) is 17.9 Å². The highest BCUT2D eigenvalue weighted by atomic mass is 19.1. The van der Waals surface area contributed by atoms with Crippen molar-refractivity contribution in [2.45, 2.75) is 25.8 Å². The minimum Gasteiger partial charge on any atom is -0.368 e. The highest BCUT2D eigenvalue weighted by molar-refractivity contribution is 5.87. The quantitative estimate of drug-likeness (QED) is 0.849. The number of nitrogens with two attached hydrogens (primary N) is 1. The van der Waals surface area contributed by atoms with Gasteiger partial charge in [0.05, 0.1) is 6.42 Å². The lowest BCUT2D eigenvalue weighted by Gasteiger charge is -2.16. The van der Waals surface area contributed by atoms with E-state index in [1.54, 1.807) is 0 Å². The fourth-order valence-electron chi connectivity index (χ4n) is 2.27. The standard InChI is InChI=1S/C18H18F2N2O2/c1-11-2-4-12(5-3-11)8-16(18(21)24)22-17(23)9-13-6-7-14(19)10-15(13)20/h2-7,10,16H,8-9H2,1H3,(H2,21,24)(H,22,23)/t16-/m1/s1. The number of nitrogens with one attached hydrogen (secondary N) is 1. The molecule has 0 fully saturated rings. The minimum absolute atomic E-state index is 0.0486. The number of hydrogen-bond donors (Lipinski definition) is 2. The van der Waals surface area contributed by atoms with E-state index in [-0.39, 0.29) is 18.4 Å². The maximum absolute atomic E-state index is 13.6. The van der Waals surface area contributed by atoms with E-state index in [2.05, 4.69) is 5.32 Å². The van der Waals surface area contributed by atoms with Crippen LogP contribution in [0.3, 0.4) is 0 Å². The molecule has 0 aromatic heterocycles. The Kier molecular flexibility index (Phi) is 5.63. The molecule has 3 N–H and O–H groups in total. The molecule has 2 aromatic carbocycles. The molecule has 24 heavy (non-hydrogen) atoms. The summed E-state index contributed by atoms with van der Waals surface area (Å²) in [4.78, 5) is 23.6. The number of rotatable bonds is 6. The van der Waals surface area contributed by atoms with Crippen LogP contribution in [0.5, 0.6) is 0 Å². The summed E-state index contributed by atoms with van der Waals surface area (Å²) in [6.07, 6.45) is -0.0585. The maximum atomic E-state index is 13.6. The van der Waals surface area contributed by atoms with Gasteiger partial charge in [0.1, 0.15) is 17.7 Å². The molecule has 126 valence electrons. The van der Waals surface area contributed by atoms with E-state index in [4.69, 9.17) is 5.73 Å². The lowest BCUT2D eigenvalue weighted by atomic mass is 10.0. The number of amides is 2. The van der Waals surface area contributed by atoms with Gasteiger partial charge in [0, 0.05) is 12.5 Å². The first-order valence-corrected chi connectivity index (χ1v) is 7.43. The molecular formula is C18H18F2N2O2. The molecule has 0 radical (unpaired) electrons. The second-order valence-corrected chi connectivity index (χ2v) is 5.62. The fourth-order valence-corrected chi connectivity index (χ4v) is 2.27. The van der Waals surface area contributed by atoms with Crippen LogP contribution in [0.15, 0.2) is 42.5 Å². The van der Waals surface area contributed by atoms with E-state index in [0.29, 0.717) is 6.07 Å². The third-order valence-corrected chi connectivity index (χ3v) is 3.61. The van der Waals surface area contributed by atoms with Gasteiger partial charge in [-0.15, -0.1) is 0 Å². The first-order chi connectivity index (χ1) is 11.3. The van der Waals surface area contributed by atoms with Gasteiger partial charge in [0.15, 0.2) is 0 Å². The van der Waals surface area contributed by atoms with Gasteiger partial charge < -0.3 is 11.1 Å². The van der Waals surface area contributed by atoms with Crippen molar-refractivity contribution in [2.75, 3.05) is 0 Å². The number of carbonyl (C=O) groups excluding carboxylic acids is 2. The summed E-state index contributed by atoms with van der Waals surface area (Å²) in [5, 5.41) is 2.50. The van der Waals surface area contributed by atoms with Crippen LogP contribution < -0.4 is 11.1 Å². The van der Waals surface area contributed by atoms with E-state index in [9.17, 15) is 18.4 Å². The molecule has 0 saturated carbocycles. The first-order valence-electron chi connectivity index (χ1n) is 7.43. The summed E-state index contributed by atoms with van der Waals surface area (Å²) in [5.41, 5.74) is 7.30. The van der Waals surface area contributed by atoms with Gasteiger partial charge in [-0.25, -0.2) is 8.78 Å². The summed E-state index contributed by atoms with van der Waals surface area (Å²) in [5.74, 6) is -2.76. The van der Waals surface area contributed by atoms with Crippen LogP contribution >= 0.6 is 0 Å². The van der Waals surface area contributed by atoms with Gasteiger partial charge in [-0.3, -0.25) is 9.59 Å². The molecule has 0 aliphatic carbocycles. The average Bonchev–Trinajstić information content (AvgIpc) is 2.51. The van der Waals surface area contributed by atoms with Crippen molar-refractivity contribution >= 4 is 11.8 Å². The summed E-state index contributed by atoms with van der Waals surface area (Å²) >= 11 is 0. The third kappa shape index (κ3) is 4.87. The number of primary amides is 1. The number of aryl methyl sites for hydroxylation is 1. The fraction of sp³-hybridized carbons (Fsp3) is 0.222. The Balaban J connectivity index is 2.02. The van der Waals surface area contributed by atoms with Crippen molar-refractivity contribution in [3.05, 3.63) is 70.8 Å². The Morgan fingerprint density at radius 2 is 1.79 bits per heavy atom. The summed E-state index contributed by atoms with van der Waals surface area (Å²) < 4.78 is 26.4. The predicted molar refractivity (Wildman–Crippen MR) is 86.1 cm³/mol. The van der Waals surface area contributed by atoms with Gasteiger partial charge in [0.25, 0.3) is 0 Å². The molecule has 0 heterocycles. The zero-order valence-electron chi connectivity index (χ0n) is 13.2. The van der Waals surface area contributed by atoms with Gasteiger partial charge in [-0.1, -0.05) is 35.9 Å². The van der Waals surface area contributed by atoms with E-state index in [1.807, 2.05) is 31.2 Å². The van der Waals surface area contributed by atoms with Gasteiger partial charge in [0.2, 0.25) is 11.8 Å². The number of carbonyl (C=O) groups is 2. The van der Waals surface area contributed by atoms with Crippen molar-refractivity contribution in [3.8, 4) is 0 Å². The second-order valence-electron chi connectivity index (χ2n) is 5.62. The summed E-state index contributed by atoms with van der Waals surface area (Å²) in [6.45, 7) is 1.94. The second kappa shape index (κ2) is 7.68. The highest BCUT2D eigenvalue weighted by Gasteiger charge is 2.19. The molecule has 0 saturated heterocycles. The summed E-state index contributed by atoms with van der Waals surface area (Å²) in [7, 11) is 0. The SMILES string of the molecule is Cc1ccc(C[C@@H](NC(=O)Cc2ccc(F)cc2F)C(N)=O)cc1. The van der Waals surface area contributed by atoms with E-state index < -0.39 is 29.5 Å². The van der Waals surface area contributed by atoms with Gasteiger partial charge >= 0.3 is 0 Å². The molecule has 6 heteroatoms. The largest absolute Gasteiger partial charge is 0.368 e. The first kappa shape index (κ1) is 17.6. The van der Waals surface area contributed by atoms with Crippen molar-refractivity contribution in [1.29, 1.82) is 0 Å².